The Morgan fingerprint density at radius 2 is 1.85 bits per heavy atom. The van der Waals surface area contributed by atoms with Crippen LogP contribution >= 0.6 is 11.8 Å². The fourth-order valence-corrected chi connectivity index (χ4v) is 3.32. The minimum atomic E-state index is -0.338. The van der Waals surface area contributed by atoms with E-state index in [0.717, 1.165) is 22.6 Å². The van der Waals surface area contributed by atoms with E-state index in [1.165, 1.54) is 36.0 Å². The molecule has 0 atom stereocenters. The molecule has 3 aromatic rings. The van der Waals surface area contributed by atoms with Gasteiger partial charge < -0.3 is 5.32 Å². The minimum absolute atomic E-state index is 0.181. The molecule has 1 aromatic heterocycles. The van der Waals surface area contributed by atoms with E-state index in [-0.39, 0.29) is 17.5 Å². The van der Waals surface area contributed by atoms with Gasteiger partial charge in [0.05, 0.1) is 11.4 Å². The normalized spacial score (nSPS) is 10.8. The molecule has 2 aromatic carbocycles. The Morgan fingerprint density at radius 3 is 2.58 bits per heavy atom. The Labute approximate surface area is 155 Å². The van der Waals surface area contributed by atoms with Crippen LogP contribution in [0, 0.1) is 26.6 Å². The van der Waals surface area contributed by atoms with Gasteiger partial charge in [0, 0.05) is 5.69 Å². The van der Waals surface area contributed by atoms with Gasteiger partial charge in [-0.2, -0.15) is 0 Å². The monoisotopic (exact) mass is 370 g/mol. The van der Waals surface area contributed by atoms with Crippen molar-refractivity contribution in [3.05, 3.63) is 65.2 Å². The lowest BCUT2D eigenvalue weighted by Gasteiger charge is -2.12. The topological polar surface area (TPSA) is 59.8 Å². The summed E-state index contributed by atoms with van der Waals surface area (Å²) in [5.74, 6) is 0.421. The second-order valence-electron chi connectivity index (χ2n) is 6.00. The largest absolute Gasteiger partial charge is 0.325 e. The highest BCUT2D eigenvalue weighted by molar-refractivity contribution is 7.99. The number of carbonyl (C=O) groups excluding carboxylic acids is 1. The van der Waals surface area contributed by atoms with E-state index in [2.05, 4.69) is 33.7 Å². The molecule has 7 heteroatoms. The van der Waals surface area contributed by atoms with Crippen molar-refractivity contribution in [2.45, 2.75) is 25.9 Å². The number of carbonyl (C=O) groups is 1. The number of thioether (sulfide) groups is 1. The van der Waals surface area contributed by atoms with Crippen molar-refractivity contribution in [2.75, 3.05) is 11.1 Å². The van der Waals surface area contributed by atoms with Crippen LogP contribution in [0.1, 0.15) is 17.0 Å². The third-order valence-electron chi connectivity index (χ3n) is 3.86. The first-order chi connectivity index (χ1) is 12.4. The number of nitrogens with zero attached hydrogens (tertiary/aromatic N) is 3. The molecule has 0 unspecified atom stereocenters. The molecule has 0 fully saturated rings. The first kappa shape index (κ1) is 18.1. The predicted octanol–water partition coefficient (Wildman–Crippen LogP) is 4.06. The number of benzene rings is 2. The maximum absolute atomic E-state index is 12.9. The van der Waals surface area contributed by atoms with Crippen LogP contribution in [0.3, 0.4) is 0 Å². The van der Waals surface area contributed by atoms with Crippen molar-refractivity contribution in [1.82, 2.24) is 14.8 Å². The number of nitrogens with one attached hydrogen (secondary N) is 1. The summed E-state index contributed by atoms with van der Waals surface area (Å²) in [6, 6.07) is 11.9. The fraction of sp³-hybridized carbons (Fsp3) is 0.211. The summed E-state index contributed by atoms with van der Waals surface area (Å²) < 4.78 is 14.9. The third kappa shape index (κ3) is 4.11. The summed E-state index contributed by atoms with van der Waals surface area (Å²) in [6.45, 7) is 5.95. The van der Waals surface area contributed by atoms with E-state index in [1.54, 1.807) is 0 Å². The SMILES string of the molecule is Cc1ccc(C)c(-n2c(C)nnc2SCC(=O)Nc2ccc(F)cc2)c1. The first-order valence-corrected chi connectivity index (χ1v) is 9.10. The van der Waals surface area contributed by atoms with Crippen LogP contribution in [0.25, 0.3) is 5.69 Å². The van der Waals surface area contributed by atoms with Crippen molar-refractivity contribution in [3.8, 4) is 5.69 Å². The van der Waals surface area contributed by atoms with Gasteiger partial charge in [0.1, 0.15) is 11.6 Å². The number of anilines is 1. The minimum Gasteiger partial charge on any atom is -0.325 e. The molecule has 0 radical (unpaired) electrons. The molecule has 0 saturated carbocycles. The Morgan fingerprint density at radius 1 is 1.12 bits per heavy atom. The highest BCUT2D eigenvalue weighted by Gasteiger charge is 2.15. The maximum Gasteiger partial charge on any atom is 0.234 e. The van der Waals surface area contributed by atoms with E-state index in [0.29, 0.717) is 10.8 Å². The van der Waals surface area contributed by atoms with Crippen molar-refractivity contribution in [1.29, 1.82) is 0 Å². The van der Waals surface area contributed by atoms with Gasteiger partial charge in [-0.15, -0.1) is 10.2 Å². The number of rotatable bonds is 5. The Balaban J connectivity index is 1.74. The molecule has 1 heterocycles. The summed E-state index contributed by atoms with van der Waals surface area (Å²) in [6.07, 6.45) is 0. The van der Waals surface area contributed by atoms with Gasteiger partial charge in [0.15, 0.2) is 5.16 Å². The zero-order valence-corrected chi connectivity index (χ0v) is 15.6. The van der Waals surface area contributed by atoms with Gasteiger partial charge in [-0.05, 0) is 62.2 Å². The standard InChI is InChI=1S/C19H19FN4OS/c1-12-4-5-13(2)17(10-12)24-14(3)22-23-19(24)26-11-18(25)21-16-8-6-15(20)7-9-16/h4-10H,11H2,1-3H3,(H,21,25). The molecule has 3 rings (SSSR count). The summed E-state index contributed by atoms with van der Waals surface area (Å²) >= 11 is 1.31. The smallest absolute Gasteiger partial charge is 0.234 e. The number of amides is 1. The van der Waals surface area contributed by atoms with Gasteiger partial charge in [0.2, 0.25) is 5.91 Å². The van der Waals surface area contributed by atoms with Crippen molar-refractivity contribution < 1.29 is 9.18 Å². The maximum atomic E-state index is 12.9. The summed E-state index contributed by atoms with van der Waals surface area (Å²) in [5, 5.41) is 11.8. The summed E-state index contributed by atoms with van der Waals surface area (Å²) in [7, 11) is 0. The molecule has 26 heavy (non-hydrogen) atoms. The predicted molar refractivity (Wildman–Crippen MR) is 101 cm³/mol. The molecular weight excluding hydrogens is 351 g/mol. The first-order valence-electron chi connectivity index (χ1n) is 8.12. The van der Waals surface area contributed by atoms with Crippen molar-refractivity contribution in [3.63, 3.8) is 0 Å². The van der Waals surface area contributed by atoms with E-state index in [9.17, 15) is 9.18 Å². The molecule has 0 aliphatic rings. The molecule has 0 saturated heterocycles. The Hall–Kier alpha value is -2.67. The molecule has 0 aliphatic carbocycles. The summed E-state index contributed by atoms with van der Waals surface area (Å²) in [5.41, 5.74) is 3.82. The second kappa shape index (κ2) is 7.70. The highest BCUT2D eigenvalue weighted by atomic mass is 32.2. The van der Waals surface area contributed by atoms with E-state index in [4.69, 9.17) is 0 Å². The zero-order valence-electron chi connectivity index (χ0n) is 14.8. The number of aromatic nitrogens is 3. The number of hydrogen-bond acceptors (Lipinski definition) is 4. The molecule has 0 aliphatic heterocycles. The number of hydrogen-bond donors (Lipinski definition) is 1. The van der Waals surface area contributed by atoms with E-state index >= 15 is 0 Å². The lowest BCUT2D eigenvalue weighted by Crippen LogP contribution is -2.14. The molecule has 5 nitrogen and oxygen atoms in total. The lowest BCUT2D eigenvalue weighted by atomic mass is 10.1. The molecule has 1 amide bonds. The Bertz CT molecular complexity index is 937. The fourth-order valence-electron chi connectivity index (χ4n) is 2.53. The van der Waals surface area contributed by atoms with Crippen molar-refractivity contribution in [2.24, 2.45) is 0 Å². The van der Waals surface area contributed by atoms with Gasteiger partial charge in [-0.25, -0.2) is 4.39 Å². The van der Waals surface area contributed by atoms with Crippen LogP contribution in [0.15, 0.2) is 47.6 Å². The lowest BCUT2D eigenvalue weighted by molar-refractivity contribution is -0.113. The molecule has 134 valence electrons. The van der Waals surface area contributed by atoms with Crippen molar-refractivity contribution >= 4 is 23.4 Å². The van der Waals surface area contributed by atoms with Gasteiger partial charge >= 0.3 is 0 Å². The molecule has 0 spiro atoms. The average Bonchev–Trinajstić information content (AvgIpc) is 2.98. The quantitative estimate of drug-likeness (QED) is 0.688. The van der Waals surface area contributed by atoms with Crippen LogP contribution in [0.2, 0.25) is 0 Å². The van der Waals surface area contributed by atoms with Gasteiger partial charge in [0.25, 0.3) is 0 Å². The van der Waals surface area contributed by atoms with Crippen LogP contribution in [-0.2, 0) is 4.79 Å². The number of halogens is 1. The number of aryl methyl sites for hydroxylation is 3. The average molecular weight is 370 g/mol. The van der Waals surface area contributed by atoms with Gasteiger partial charge in [-0.1, -0.05) is 23.9 Å². The molecule has 0 bridgehead atoms. The molecular formula is C19H19FN4OS. The van der Waals surface area contributed by atoms with Gasteiger partial charge in [-0.3, -0.25) is 9.36 Å². The summed E-state index contributed by atoms with van der Waals surface area (Å²) in [4.78, 5) is 12.2. The Kier molecular flexibility index (Phi) is 5.37. The van der Waals surface area contributed by atoms with Crippen LogP contribution in [0.5, 0.6) is 0 Å². The molecule has 1 N–H and O–H groups in total. The highest BCUT2D eigenvalue weighted by Crippen LogP contribution is 2.25. The third-order valence-corrected chi connectivity index (χ3v) is 4.79. The van der Waals surface area contributed by atoms with E-state index < -0.39 is 0 Å². The van der Waals surface area contributed by atoms with Crippen LogP contribution in [0.4, 0.5) is 10.1 Å². The van der Waals surface area contributed by atoms with Crippen LogP contribution in [-0.4, -0.2) is 26.4 Å². The van der Waals surface area contributed by atoms with E-state index in [1.807, 2.05) is 25.3 Å². The second-order valence-corrected chi connectivity index (χ2v) is 6.94. The zero-order chi connectivity index (χ0) is 18.7. The van der Waals surface area contributed by atoms with Crippen LogP contribution < -0.4 is 5.32 Å².